The Morgan fingerprint density at radius 3 is 2.08 bits per heavy atom. The van der Waals surface area contributed by atoms with Crippen LogP contribution in [0.4, 0.5) is 21.5 Å². The van der Waals surface area contributed by atoms with E-state index in [1.54, 1.807) is 6.07 Å². The molecule has 204 valence electrons. The van der Waals surface area contributed by atoms with Crippen LogP contribution in [0.25, 0.3) is 0 Å². The molecule has 0 aromatic heterocycles. The van der Waals surface area contributed by atoms with E-state index < -0.39 is 38.5 Å². The molecule has 14 heteroatoms. The molecule has 3 rings (SSSR count). The lowest BCUT2D eigenvalue weighted by Gasteiger charge is -2.26. The number of carbonyl (C=O) groups is 1. The van der Waals surface area contributed by atoms with Crippen LogP contribution in [0, 0.1) is 5.82 Å². The van der Waals surface area contributed by atoms with Gasteiger partial charge >= 0.3 is 10.2 Å². The molecule has 0 aliphatic heterocycles. The van der Waals surface area contributed by atoms with Gasteiger partial charge in [0, 0.05) is 25.8 Å². The molecule has 0 radical (unpaired) electrons. The fourth-order valence-corrected chi connectivity index (χ4v) is 5.38. The predicted octanol–water partition coefficient (Wildman–Crippen LogP) is 2.90. The molecule has 11 nitrogen and oxygen atoms in total. The monoisotopic (exact) mass is 566 g/mol. The zero-order chi connectivity index (χ0) is 28.1. The van der Waals surface area contributed by atoms with Gasteiger partial charge < -0.3 is 14.8 Å². The van der Waals surface area contributed by atoms with Crippen LogP contribution in [-0.2, 0) is 25.0 Å². The third-order valence-corrected chi connectivity index (χ3v) is 8.44. The fraction of sp³-hybridized carbons (Fsp3) is 0.208. The van der Waals surface area contributed by atoms with Crippen LogP contribution in [0.5, 0.6) is 11.5 Å². The molecule has 0 aliphatic rings. The maximum atomic E-state index is 13.3. The summed E-state index contributed by atoms with van der Waals surface area (Å²) < 4.78 is 79.2. The first-order valence-corrected chi connectivity index (χ1v) is 13.9. The number of carbonyl (C=O) groups excluding carboxylic acids is 1. The summed E-state index contributed by atoms with van der Waals surface area (Å²) in [7, 11) is -2.61. The molecule has 0 atom stereocenters. The average molecular weight is 567 g/mol. The van der Waals surface area contributed by atoms with Crippen molar-refractivity contribution in [1.29, 1.82) is 0 Å². The first-order chi connectivity index (χ1) is 17.9. The number of methoxy groups -OCH3 is 2. The van der Waals surface area contributed by atoms with Crippen molar-refractivity contribution in [2.24, 2.45) is 0 Å². The van der Waals surface area contributed by atoms with E-state index in [2.05, 4.69) is 10.0 Å². The van der Waals surface area contributed by atoms with Crippen molar-refractivity contribution in [2.45, 2.75) is 4.90 Å². The van der Waals surface area contributed by atoms with Crippen LogP contribution >= 0.6 is 0 Å². The first kappa shape index (κ1) is 28.7. The SMILES string of the molecule is COc1ccc(NS(=O)(=O)c2ccc(NC(=O)CN(c3ccc(F)cc3)S(=O)(=O)N(C)C)cc2)c(OC)c1. The van der Waals surface area contributed by atoms with Gasteiger partial charge in [-0.05, 0) is 60.7 Å². The molecule has 1 amide bonds. The number of anilines is 3. The van der Waals surface area contributed by atoms with Crippen LogP contribution in [0.15, 0.2) is 71.6 Å². The zero-order valence-electron chi connectivity index (χ0n) is 21.0. The van der Waals surface area contributed by atoms with Gasteiger partial charge in [-0.15, -0.1) is 0 Å². The van der Waals surface area contributed by atoms with Gasteiger partial charge in [-0.1, -0.05) is 0 Å². The number of sulfonamides is 1. The zero-order valence-corrected chi connectivity index (χ0v) is 22.6. The summed E-state index contributed by atoms with van der Waals surface area (Å²) in [6.45, 7) is -0.606. The van der Waals surface area contributed by atoms with Crippen molar-refractivity contribution >= 4 is 43.2 Å². The van der Waals surface area contributed by atoms with Crippen molar-refractivity contribution in [3.63, 3.8) is 0 Å². The van der Waals surface area contributed by atoms with Gasteiger partial charge in [0.15, 0.2) is 0 Å². The van der Waals surface area contributed by atoms with E-state index in [1.165, 1.54) is 76.8 Å². The second-order valence-electron chi connectivity index (χ2n) is 8.02. The molecule has 0 heterocycles. The standard InChI is InChI=1S/C24H27FN4O7S2/c1-28(2)38(33,34)29(19-9-5-17(25)6-10-19)16-24(30)26-18-7-12-21(13-8-18)37(31,32)27-22-14-11-20(35-3)15-23(22)36-4/h5-15,27H,16H2,1-4H3,(H,26,30). The molecule has 0 saturated heterocycles. The van der Waals surface area contributed by atoms with Crippen LogP contribution < -0.4 is 23.8 Å². The summed E-state index contributed by atoms with van der Waals surface area (Å²) >= 11 is 0. The quantitative estimate of drug-likeness (QED) is 0.365. The van der Waals surface area contributed by atoms with E-state index >= 15 is 0 Å². The molecule has 0 saturated carbocycles. The van der Waals surface area contributed by atoms with Gasteiger partial charge in [0.2, 0.25) is 5.91 Å². The van der Waals surface area contributed by atoms with Crippen LogP contribution in [-0.4, -0.2) is 61.9 Å². The molecule has 2 N–H and O–H groups in total. The van der Waals surface area contributed by atoms with Crippen molar-refractivity contribution in [3.8, 4) is 11.5 Å². The van der Waals surface area contributed by atoms with Crippen LogP contribution in [0.1, 0.15) is 0 Å². The van der Waals surface area contributed by atoms with Gasteiger partial charge in [-0.3, -0.25) is 9.52 Å². The summed E-state index contributed by atoms with van der Waals surface area (Å²) in [6, 6.07) is 14.5. The average Bonchev–Trinajstić information content (AvgIpc) is 2.88. The highest BCUT2D eigenvalue weighted by Gasteiger charge is 2.27. The second-order valence-corrected chi connectivity index (χ2v) is 11.8. The second kappa shape index (κ2) is 11.7. The van der Waals surface area contributed by atoms with Gasteiger partial charge in [-0.2, -0.15) is 12.7 Å². The third-order valence-electron chi connectivity index (χ3n) is 5.24. The van der Waals surface area contributed by atoms with Crippen molar-refractivity contribution in [3.05, 3.63) is 72.5 Å². The number of nitrogens with one attached hydrogen (secondary N) is 2. The summed E-state index contributed by atoms with van der Waals surface area (Å²) in [4.78, 5) is 12.6. The number of benzene rings is 3. The Labute approximate surface area is 221 Å². The van der Waals surface area contributed by atoms with Crippen molar-refractivity contribution < 1.29 is 35.5 Å². The third kappa shape index (κ3) is 6.70. The van der Waals surface area contributed by atoms with E-state index in [0.29, 0.717) is 5.75 Å². The molecule has 0 fully saturated rings. The summed E-state index contributed by atoms with van der Waals surface area (Å²) in [5.41, 5.74) is 0.530. The highest BCUT2D eigenvalue weighted by atomic mass is 32.2. The van der Waals surface area contributed by atoms with Crippen molar-refractivity contribution in [1.82, 2.24) is 4.31 Å². The topological polar surface area (TPSA) is 134 Å². The minimum Gasteiger partial charge on any atom is -0.497 e. The Morgan fingerprint density at radius 2 is 1.53 bits per heavy atom. The van der Waals surface area contributed by atoms with Gasteiger partial charge in [0.25, 0.3) is 10.0 Å². The molecule has 0 aliphatic carbocycles. The summed E-state index contributed by atoms with van der Waals surface area (Å²) in [5, 5.41) is 2.54. The van der Waals surface area contributed by atoms with Gasteiger partial charge in [0.05, 0.1) is 30.5 Å². The molecule has 3 aromatic rings. The molecule has 0 bridgehead atoms. The largest absolute Gasteiger partial charge is 0.497 e. The van der Waals surface area contributed by atoms with E-state index in [4.69, 9.17) is 9.47 Å². The maximum Gasteiger partial charge on any atom is 0.304 e. The number of halogens is 1. The predicted molar refractivity (Wildman–Crippen MR) is 142 cm³/mol. The molecule has 3 aromatic carbocycles. The molecular weight excluding hydrogens is 539 g/mol. The minimum absolute atomic E-state index is 0.0866. The highest BCUT2D eigenvalue weighted by molar-refractivity contribution is 7.92. The fourth-order valence-electron chi connectivity index (χ4n) is 3.25. The van der Waals surface area contributed by atoms with E-state index in [-0.39, 0.29) is 27.7 Å². The lowest BCUT2D eigenvalue weighted by Crippen LogP contribution is -2.44. The van der Waals surface area contributed by atoms with Crippen molar-refractivity contribution in [2.75, 3.05) is 49.2 Å². The summed E-state index contributed by atoms with van der Waals surface area (Å²) in [6.07, 6.45) is 0. The lowest BCUT2D eigenvalue weighted by atomic mass is 10.3. The molecule has 38 heavy (non-hydrogen) atoms. The van der Waals surface area contributed by atoms with Crippen LogP contribution in [0.3, 0.4) is 0 Å². The maximum absolute atomic E-state index is 13.3. The Morgan fingerprint density at radius 1 is 0.895 bits per heavy atom. The molecular formula is C24H27FN4O7S2. The van der Waals surface area contributed by atoms with E-state index in [0.717, 1.165) is 20.7 Å². The number of ether oxygens (including phenoxy) is 2. The number of nitrogens with zero attached hydrogens (tertiary/aromatic N) is 2. The smallest absolute Gasteiger partial charge is 0.304 e. The Bertz CT molecular complexity index is 1500. The summed E-state index contributed by atoms with van der Waals surface area (Å²) in [5.74, 6) is -0.511. The first-order valence-electron chi connectivity index (χ1n) is 11.0. The Hall–Kier alpha value is -3.88. The molecule has 0 unspecified atom stereocenters. The van der Waals surface area contributed by atoms with Crippen LogP contribution in [0.2, 0.25) is 0 Å². The van der Waals surface area contributed by atoms with E-state index in [1.807, 2.05) is 0 Å². The lowest BCUT2D eigenvalue weighted by molar-refractivity contribution is -0.114. The number of amides is 1. The highest BCUT2D eigenvalue weighted by Crippen LogP contribution is 2.31. The number of rotatable bonds is 11. The normalized spacial score (nSPS) is 11.6. The van der Waals surface area contributed by atoms with Gasteiger partial charge in [-0.25, -0.2) is 17.1 Å². The molecule has 0 spiro atoms. The van der Waals surface area contributed by atoms with Gasteiger partial charge in [0.1, 0.15) is 23.9 Å². The number of hydrogen-bond acceptors (Lipinski definition) is 7. The number of hydrogen-bond donors (Lipinski definition) is 2. The van der Waals surface area contributed by atoms with E-state index in [9.17, 15) is 26.0 Å². The Balaban J connectivity index is 1.76. The Kier molecular flexibility index (Phi) is 8.81. The minimum atomic E-state index is -4.08.